The summed E-state index contributed by atoms with van der Waals surface area (Å²) in [7, 11) is 1.72. The van der Waals surface area contributed by atoms with Crippen LogP contribution in [0.15, 0.2) is 18.2 Å². The van der Waals surface area contributed by atoms with E-state index in [9.17, 15) is 9.18 Å². The van der Waals surface area contributed by atoms with E-state index in [2.05, 4.69) is 5.32 Å². The summed E-state index contributed by atoms with van der Waals surface area (Å²) in [4.78, 5) is 13.4. The zero-order valence-electron chi connectivity index (χ0n) is 10.3. The monoisotopic (exact) mass is 239 g/mol. The Morgan fingerprint density at radius 3 is 2.82 bits per heavy atom. The van der Waals surface area contributed by atoms with Crippen LogP contribution < -0.4 is 11.1 Å². The normalized spacial score (nSPS) is 12.0. The highest BCUT2D eigenvalue weighted by atomic mass is 19.1. The summed E-state index contributed by atoms with van der Waals surface area (Å²) < 4.78 is 13.0. The van der Waals surface area contributed by atoms with Crippen LogP contribution in [0.25, 0.3) is 0 Å². The van der Waals surface area contributed by atoms with Crippen LogP contribution in [0.2, 0.25) is 0 Å². The van der Waals surface area contributed by atoms with E-state index in [1.165, 1.54) is 18.2 Å². The minimum Gasteiger partial charge on any atom is -0.397 e. The van der Waals surface area contributed by atoms with E-state index in [0.717, 1.165) is 0 Å². The number of carbonyl (C=O) groups excluding carboxylic acids is 1. The Hall–Kier alpha value is -1.78. The highest BCUT2D eigenvalue weighted by molar-refractivity contribution is 5.85. The van der Waals surface area contributed by atoms with Crippen molar-refractivity contribution in [3.8, 4) is 0 Å². The van der Waals surface area contributed by atoms with Gasteiger partial charge in [-0.1, -0.05) is 0 Å². The molecule has 0 heterocycles. The number of carbonyl (C=O) groups is 1. The topological polar surface area (TPSA) is 58.4 Å². The van der Waals surface area contributed by atoms with Crippen LogP contribution in [-0.4, -0.2) is 30.4 Å². The fraction of sp³-hybridized carbons (Fsp3) is 0.417. The van der Waals surface area contributed by atoms with Crippen LogP contribution in [0, 0.1) is 5.82 Å². The second-order valence-electron chi connectivity index (χ2n) is 3.95. The van der Waals surface area contributed by atoms with Crippen LogP contribution >= 0.6 is 0 Å². The van der Waals surface area contributed by atoms with Crippen molar-refractivity contribution >= 4 is 17.3 Å². The highest BCUT2D eigenvalue weighted by Gasteiger charge is 2.16. The number of hydrogen-bond acceptors (Lipinski definition) is 3. The quantitative estimate of drug-likeness (QED) is 0.786. The molecular weight excluding hydrogens is 221 g/mol. The van der Waals surface area contributed by atoms with Gasteiger partial charge in [-0.05, 0) is 32.0 Å². The number of nitrogens with two attached hydrogens (primary N) is 1. The number of benzene rings is 1. The molecule has 1 amide bonds. The van der Waals surface area contributed by atoms with Crippen molar-refractivity contribution in [3.63, 3.8) is 0 Å². The van der Waals surface area contributed by atoms with E-state index in [0.29, 0.717) is 17.9 Å². The molecular formula is C12H18FN3O. The standard InChI is InChI=1S/C12H18FN3O/c1-4-16(3)12(17)8(2)15-11-7-9(13)5-6-10(11)14/h5-8,15H,4,14H2,1-3H3. The van der Waals surface area contributed by atoms with Gasteiger partial charge in [0.05, 0.1) is 11.4 Å². The molecule has 0 saturated heterocycles. The molecule has 17 heavy (non-hydrogen) atoms. The van der Waals surface area contributed by atoms with Gasteiger partial charge in [0.15, 0.2) is 0 Å². The largest absolute Gasteiger partial charge is 0.397 e. The molecule has 0 aliphatic carbocycles. The van der Waals surface area contributed by atoms with Gasteiger partial charge in [0.1, 0.15) is 11.9 Å². The molecule has 4 nitrogen and oxygen atoms in total. The van der Waals surface area contributed by atoms with Crippen LogP contribution in [0.5, 0.6) is 0 Å². The minimum atomic E-state index is -0.441. The van der Waals surface area contributed by atoms with Crippen LogP contribution in [0.3, 0.4) is 0 Å². The van der Waals surface area contributed by atoms with E-state index in [1.54, 1.807) is 18.9 Å². The molecule has 0 radical (unpaired) electrons. The van der Waals surface area contributed by atoms with Gasteiger partial charge >= 0.3 is 0 Å². The molecule has 1 aromatic carbocycles. The molecule has 0 saturated carbocycles. The second kappa shape index (κ2) is 5.52. The first-order chi connectivity index (χ1) is 7.95. The van der Waals surface area contributed by atoms with E-state index < -0.39 is 6.04 Å². The first-order valence-electron chi connectivity index (χ1n) is 5.52. The summed E-state index contributed by atoms with van der Waals surface area (Å²) in [5.74, 6) is -0.443. The Morgan fingerprint density at radius 2 is 2.24 bits per heavy atom. The predicted molar refractivity (Wildman–Crippen MR) is 67.2 cm³/mol. The summed E-state index contributed by atoms with van der Waals surface area (Å²) in [5, 5.41) is 2.91. The summed E-state index contributed by atoms with van der Waals surface area (Å²) in [5.41, 5.74) is 6.55. The van der Waals surface area contributed by atoms with E-state index in [1.807, 2.05) is 6.92 Å². The van der Waals surface area contributed by atoms with Crippen molar-refractivity contribution in [1.82, 2.24) is 4.90 Å². The van der Waals surface area contributed by atoms with Crippen molar-refractivity contribution in [1.29, 1.82) is 0 Å². The molecule has 0 aliphatic heterocycles. The fourth-order valence-corrected chi connectivity index (χ4v) is 1.43. The van der Waals surface area contributed by atoms with Gasteiger partial charge in [0.2, 0.25) is 5.91 Å². The average Bonchev–Trinajstić information content (AvgIpc) is 2.31. The van der Waals surface area contributed by atoms with Crippen molar-refractivity contribution in [2.75, 3.05) is 24.6 Å². The third-order valence-electron chi connectivity index (χ3n) is 2.61. The number of halogens is 1. The van der Waals surface area contributed by atoms with Gasteiger partial charge in [-0.25, -0.2) is 4.39 Å². The molecule has 0 aromatic heterocycles. The Balaban J connectivity index is 2.77. The van der Waals surface area contributed by atoms with Crippen LogP contribution in [-0.2, 0) is 4.79 Å². The van der Waals surface area contributed by atoms with Gasteiger partial charge in [-0.15, -0.1) is 0 Å². The number of nitrogens with zero attached hydrogens (tertiary/aromatic N) is 1. The van der Waals surface area contributed by atoms with Crippen LogP contribution in [0.1, 0.15) is 13.8 Å². The third-order valence-corrected chi connectivity index (χ3v) is 2.61. The minimum absolute atomic E-state index is 0.0591. The zero-order valence-corrected chi connectivity index (χ0v) is 10.3. The predicted octanol–water partition coefficient (Wildman–Crippen LogP) is 1.69. The smallest absolute Gasteiger partial charge is 0.244 e. The molecule has 5 heteroatoms. The maximum atomic E-state index is 13.0. The van der Waals surface area contributed by atoms with E-state index in [4.69, 9.17) is 5.73 Å². The molecule has 0 spiro atoms. The lowest BCUT2D eigenvalue weighted by Gasteiger charge is -2.22. The van der Waals surface area contributed by atoms with Gasteiger partial charge in [0.25, 0.3) is 0 Å². The Morgan fingerprint density at radius 1 is 1.59 bits per heavy atom. The Bertz CT molecular complexity index is 409. The molecule has 1 aromatic rings. The van der Waals surface area contributed by atoms with Crippen LogP contribution in [0.4, 0.5) is 15.8 Å². The molecule has 1 unspecified atom stereocenters. The van der Waals surface area contributed by atoms with Crippen molar-refractivity contribution in [2.24, 2.45) is 0 Å². The molecule has 0 aliphatic rings. The van der Waals surface area contributed by atoms with Crippen molar-refractivity contribution in [2.45, 2.75) is 19.9 Å². The average molecular weight is 239 g/mol. The molecule has 94 valence electrons. The molecule has 1 atom stereocenters. The summed E-state index contributed by atoms with van der Waals surface area (Å²) in [6.45, 7) is 4.24. The van der Waals surface area contributed by atoms with Crippen molar-refractivity contribution < 1.29 is 9.18 Å². The number of anilines is 2. The number of amides is 1. The SMILES string of the molecule is CCN(C)C(=O)C(C)Nc1cc(F)ccc1N. The lowest BCUT2D eigenvalue weighted by atomic mass is 10.2. The fourth-order valence-electron chi connectivity index (χ4n) is 1.43. The Labute approximate surface area is 101 Å². The Kier molecular flexibility index (Phi) is 4.31. The van der Waals surface area contributed by atoms with Crippen molar-refractivity contribution in [3.05, 3.63) is 24.0 Å². The number of nitrogen functional groups attached to an aromatic ring is 1. The number of rotatable bonds is 4. The van der Waals surface area contributed by atoms with Gasteiger partial charge < -0.3 is 16.0 Å². The first-order valence-corrected chi connectivity index (χ1v) is 5.52. The maximum absolute atomic E-state index is 13.0. The van der Waals surface area contributed by atoms with E-state index >= 15 is 0 Å². The maximum Gasteiger partial charge on any atom is 0.244 e. The molecule has 0 bridgehead atoms. The lowest BCUT2D eigenvalue weighted by Crippen LogP contribution is -2.38. The third kappa shape index (κ3) is 3.34. The summed E-state index contributed by atoms with van der Waals surface area (Å²) in [6, 6.07) is 3.60. The zero-order chi connectivity index (χ0) is 13.0. The molecule has 3 N–H and O–H groups in total. The molecule has 0 fully saturated rings. The summed E-state index contributed by atoms with van der Waals surface area (Å²) >= 11 is 0. The number of likely N-dealkylation sites (N-methyl/N-ethyl adjacent to an activating group) is 1. The molecule has 1 rings (SSSR count). The lowest BCUT2D eigenvalue weighted by molar-refractivity contribution is -0.130. The second-order valence-corrected chi connectivity index (χ2v) is 3.95. The highest BCUT2D eigenvalue weighted by Crippen LogP contribution is 2.20. The number of hydrogen-bond donors (Lipinski definition) is 2. The first kappa shape index (κ1) is 13.3. The van der Waals surface area contributed by atoms with E-state index in [-0.39, 0.29) is 11.7 Å². The summed E-state index contributed by atoms with van der Waals surface area (Å²) in [6.07, 6.45) is 0. The van der Waals surface area contributed by atoms with Gasteiger partial charge in [-0.3, -0.25) is 4.79 Å². The number of nitrogens with one attached hydrogen (secondary N) is 1. The van der Waals surface area contributed by atoms with Gasteiger partial charge in [-0.2, -0.15) is 0 Å². The van der Waals surface area contributed by atoms with Gasteiger partial charge in [0, 0.05) is 13.6 Å².